The third-order valence-electron chi connectivity index (χ3n) is 4.77. The Balaban J connectivity index is 1.63. The lowest BCUT2D eigenvalue weighted by atomic mass is 10.1. The van der Waals surface area contributed by atoms with Crippen LogP contribution in [0.1, 0.15) is 6.92 Å². The van der Waals surface area contributed by atoms with Crippen LogP contribution in [-0.4, -0.2) is 44.7 Å². The second-order valence-corrected chi connectivity index (χ2v) is 9.02. The molecule has 0 unspecified atom stereocenters. The van der Waals surface area contributed by atoms with E-state index in [0.717, 1.165) is 27.4 Å². The molecule has 168 valence electrons. The van der Waals surface area contributed by atoms with E-state index in [-0.39, 0.29) is 24.5 Å². The zero-order chi connectivity index (χ0) is 23.3. The van der Waals surface area contributed by atoms with Gasteiger partial charge in [-0.2, -0.15) is 0 Å². The molecule has 0 spiro atoms. The Kier molecular flexibility index (Phi) is 6.94. The van der Waals surface area contributed by atoms with Gasteiger partial charge in [-0.1, -0.05) is 36.4 Å². The molecule has 0 aliphatic heterocycles. The standard InChI is InChI=1S/C22H23N3O6S/c1-16(24(32(2,29)30)19-8-5-9-20(15-19)25(27)28)22(26)23-12-13-31-21-11-10-17-6-3-4-7-18(17)14-21/h3-11,14-16H,12-13H2,1-2H3,(H,23,26)/t16-/m0/s1. The predicted molar refractivity (Wildman–Crippen MR) is 122 cm³/mol. The van der Waals surface area contributed by atoms with Gasteiger partial charge in [-0.05, 0) is 35.9 Å². The number of sulfonamides is 1. The number of fused-ring (bicyclic) bond motifs is 1. The summed E-state index contributed by atoms with van der Waals surface area (Å²) >= 11 is 0. The first-order valence-corrected chi connectivity index (χ1v) is 11.6. The van der Waals surface area contributed by atoms with Gasteiger partial charge in [0, 0.05) is 12.1 Å². The number of hydrogen-bond acceptors (Lipinski definition) is 6. The van der Waals surface area contributed by atoms with Crippen LogP contribution in [0.3, 0.4) is 0 Å². The minimum atomic E-state index is -3.88. The largest absolute Gasteiger partial charge is 0.492 e. The molecule has 1 amide bonds. The van der Waals surface area contributed by atoms with E-state index >= 15 is 0 Å². The van der Waals surface area contributed by atoms with E-state index < -0.39 is 26.9 Å². The lowest BCUT2D eigenvalue weighted by Gasteiger charge is -2.28. The lowest BCUT2D eigenvalue weighted by molar-refractivity contribution is -0.384. The molecule has 3 aromatic carbocycles. The number of anilines is 1. The molecule has 9 nitrogen and oxygen atoms in total. The van der Waals surface area contributed by atoms with Crippen molar-refractivity contribution in [3.8, 4) is 5.75 Å². The fourth-order valence-electron chi connectivity index (χ4n) is 3.30. The van der Waals surface area contributed by atoms with Crippen LogP contribution in [0.5, 0.6) is 5.75 Å². The molecule has 3 rings (SSSR count). The Bertz CT molecular complexity index is 1250. The van der Waals surface area contributed by atoms with Gasteiger partial charge in [-0.25, -0.2) is 8.42 Å². The molecule has 0 aromatic heterocycles. The minimum Gasteiger partial charge on any atom is -0.492 e. The Hall–Kier alpha value is -3.66. The van der Waals surface area contributed by atoms with Gasteiger partial charge in [0.2, 0.25) is 15.9 Å². The van der Waals surface area contributed by atoms with Gasteiger partial charge in [0.1, 0.15) is 18.4 Å². The number of carbonyl (C=O) groups excluding carboxylic acids is 1. The third kappa shape index (κ3) is 5.52. The van der Waals surface area contributed by atoms with Crippen molar-refractivity contribution in [2.45, 2.75) is 13.0 Å². The molecule has 0 fully saturated rings. The van der Waals surface area contributed by atoms with Crippen LogP contribution in [0.15, 0.2) is 66.7 Å². The van der Waals surface area contributed by atoms with Crippen molar-refractivity contribution < 1.29 is 22.9 Å². The van der Waals surface area contributed by atoms with E-state index in [4.69, 9.17) is 4.74 Å². The number of nitro benzene ring substituents is 1. The Labute approximate surface area is 185 Å². The van der Waals surface area contributed by atoms with E-state index in [2.05, 4.69) is 5.32 Å². The number of nitrogens with zero attached hydrogens (tertiary/aromatic N) is 2. The molecule has 0 heterocycles. The van der Waals surface area contributed by atoms with Crippen LogP contribution in [0, 0.1) is 10.1 Å². The van der Waals surface area contributed by atoms with Gasteiger partial charge in [0.15, 0.2) is 0 Å². The van der Waals surface area contributed by atoms with Gasteiger partial charge in [-0.3, -0.25) is 19.2 Å². The molecule has 32 heavy (non-hydrogen) atoms. The summed E-state index contributed by atoms with van der Waals surface area (Å²) in [6, 6.07) is 17.5. The minimum absolute atomic E-state index is 0.0387. The monoisotopic (exact) mass is 457 g/mol. The zero-order valence-electron chi connectivity index (χ0n) is 17.6. The van der Waals surface area contributed by atoms with Crippen LogP contribution < -0.4 is 14.4 Å². The second kappa shape index (κ2) is 9.65. The zero-order valence-corrected chi connectivity index (χ0v) is 18.4. The molecule has 0 aliphatic rings. The number of carbonyl (C=O) groups is 1. The van der Waals surface area contributed by atoms with Gasteiger partial charge in [0.25, 0.3) is 5.69 Å². The van der Waals surface area contributed by atoms with Crippen LogP contribution in [0.25, 0.3) is 10.8 Å². The molecule has 1 N–H and O–H groups in total. The number of amides is 1. The van der Waals surface area contributed by atoms with Crippen molar-refractivity contribution >= 4 is 38.1 Å². The first-order chi connectivity index (χ1) is 15.2. The maximum absolute atomic E-state index is 12.6. The summed E-state index contributed by atoms with van der Waals surface area (Å²) in [6.07, 6.45) is 0.943. The highest BCUT2D eigenvalue weighted by atomic mass is 32.2. The fourth-order valence-corrected chi connectivity index (χ4v) is 4.47. The molecule has 0 saturated carbocycles. The van der Waals surface area contributed by atoms with Gasteiger partial charge in [-0.15, -0.1) is 0 Å². The van der Waals surface area contributed by atoms with Gasteiger partial charge >= 0.3 is 0 Å². The summed E-state index contributed by atoms with van der Waals surface area (Å²) in [5.41, 5.74) is -0.232. The first-order valence-electron chi connectivity index (χ1n) is 9.80. The van der Waals surface area contributed by atoms with Crippen LogP contribution in [-0.2, 0) is 14.8 Å². The van der Waals surface area contributed by atoms with Crippen LogP contribution in [0.2, 0.25) is 0 Å². The number of non-ortho nitro benzene ring substituents is 1. The summed E-state index contributed by atoms with van der Waals surface area (Å²) in [7, 11) is -3.88. The Morgan fingerprint density at radius 1 is 1.09 bits per heavy atom. The number of benzene rings is 3. The molecule has 10 heteroatoms. The maximum atomic E-state index is 12.6. The maximum Gasteiger partial charge on any atom is 0.271 e. The molecular formula is C22H23N3O6S. The van der Waals surface area contributed by atoms with Crippen molar-refractivity contribution in [2.75, 3.05) is 23.7 Å². The van der Waals surface area contributed by atoms with E-state index in [1.165, 1.54) is 25.1 Å². The number of rotatable bonds is 9. The van der Waals surface area contributed by atoms with Crippen molar-refractivity contribution in [2.24, 2.45) is 0 Å². The second-order valence-electron chi connectivity index (χ2n) is 7.16. The summed E-state index contributed by atoms with van der Waals surface area (Å²) in [6.45, 7) is 1.76. The molecule has 0 bridgehead atoms. The summed E-state index contributed by atoms with van der Waals surface area (Å²) in [5.74, 6) is 0.101. The van der Waals surface area contributed by atoms with Crippen LogP contribution in [0.4, 0.5) is 11.4 Å². The van der Waals surface area contributed by atoms with Gasteiger partial charge < -0.3 is 10.1 Å². The highest BCUT2D eigenvalue weighted by Gasteiger charge is 2.29. The smallest absolute Gasteiger partial charge is 0.271 e. The van der Waals surface area contributed by atoms with E-state index in [1.54, 1.807) is 0 Å². The van der Waals surface area contributed by atoms with Gasteiger partial charge in [0.05, 0.1) is 23.4 Å². The normalized spacial score (nSPS) is 12.2. The predicted octanol–water partition coefficient (Wildman–Crippen LogP) is 3.10. The molecular weight excluding hydrogens is 434 g/mol. The number of nitro groups is 1. The quantitative estimate of drug-likeness (QED) is 0.300. The third-order valence-corrected chi connectivity index (χ3v) is 6.02. The van der Waals surface area contributed by atoms with Crippen molar-refractivity contribution in [1.82, 2.24) is 5.32 Å². The number of hydrogen-bond donors (Lipinski definition) is 1. The van der Waals surface area contributed by atoms with Crippen molar-refractivity contribution in [3.05, 3.63) is 76.8 Å². The Morgan fingerprint density at radius 2 is 1.81 bits per heavy atom. The fraction of sp³-hybridized carbons (Fsp3) is 0.227. The van der Waals surface area contributed by atoms with E-state index in [1.807, 2.05) is 42.5 Å². The average Bonchev–Trinajstić information content (AvgIpc) is 2.75. The average molecular weight is 458 g/mol. The SMILES string of the molecule is C[C@@H](C(=O)NCCOc1ccc2ccccc2c1)N(c1cccc([N+](=O)[O-])c1)S(C)(=O)=O. The summed E-state index contributed by atoms with van der Waals surface area (Å²) in [5, 5.41) is 15.8. The van der Waals surface area contributed by atoms with Crippen molar-refractivity contribution in [3.63, 3.8) is 0 Å². The molecule has 0 radical (unpaired) electrons. The topological polar surface area (TPSA) is 119 Å². The highest BCUT2D eigenvalue weighted by molar-refractivity contribution is 7.92. The molecule has 0 aliphatic carbocycles. The number of nitrogens with one attached hydrogen (secondary N) is 1. The Morgan fingerprint density at radius 3 is 2.50 bits per heavy atom. The first kappa shape index (κ1) is 23.0. The lowest BCUT2D eigenvalue weighted by Crippen LogP contribution is -2.48. The van der Waals surface area contributed by atoms with Crippen molar-refractivity contribution in [1.29, 1.82) is 0 Å². The summed E-state index contributed by atoms with van der Waals surface area (Å²) < 4.78 is 31.2. The highest BCUT2D eigenvalue weighted by Crippen LogP contribution is 2.25. The molecule has 1 atom stereocenters. The van der Waals surface area contributed by atoms with E-state index in [9.17, 15) is 23.3 Å². The number of ether oxygens (including phenoxy) is 1. The summed E-state index contributed by atoms with van der Waals surface area (Å²) in [4.78, 5) is 23.0. The van der Waals surface area contributed by atoms with E-state index in [0.29, 0.717) is 5.75 Å². The molecule has 3 aromatic rings. The van der Waals surface area contributed by atoms with Crippen LogP contribution >= 0.6 is 0 Å². The molecule has 0 saturated heterocycles.